The van der Waals surface area contributed by atoms with Crippen LogP contribution in [-0.2, 0) is 6.54 Å². The molecule has 0 atom stereocenters. The normalized spacial score (nSPS) is 15.1. The Labute approximate surface area is 110 Å². The van der Waals surface area contributed by atoms with Gasteiger partial charge in [0.05, 0.1) is 6.61 Å². The number of aromatic nitrogens is 1. The lowest BCUT2D eigenvalue weighted by Gasteiger charge is -2.11. The Morgan fingerprint density at radius 1 is 1.39 bits per heavy atom. The number of hydrogen-bond donors (Lipinski definition) is 1. The molecule has 0 saturated heterocycles. The Balaban J connectivity index is 1.83. The van der Waals surface area contributed by atoms with Gasteiger partial charge in [0, 0.05) is 18.3 Å². The van der Waals surface area contributed by atoms with Gasteiger partial charge in [0.2, 0.25) is 5.88 Å². The van der Waals surface area contributed by atoms with E-state index in [-0.39, 0.29) is 0 Å². The van der Waals surface area contributed by atoms with Crippen molar-refractivity contribution >= 4 is 0 Å². The molecule has 0 aliphatic heterocycles. The van der Waals surface area contributed by atoms with Gasteiger partial charge in [-0.3, -0.25) is 0 Å². The Morgan fingerprint density at radius 3 is 2.78 bits per heavy atom. The highest BCUT2D eigenvalue weighted by Crippen LogP contribution is 2.29. The van der Waals surface area contributed by atoms with Gasteiger partial charge in [-0.15, -0.1) is 0 Å². The van der Waals surface area contributed by atoms with Crippen molar-refractivity contribution in [3.8, 4) is 5.88 Å². The van der Waals surface area contributed by atoms with Crippen molar-refractivity contribution < 1.29 is 4.74 Å². The molecule has 3 nitrogen and oxygen atoms in total. The minimum Gasteiger partial charge on any atom is -0.477 e. The van der Waals surface area contributed by atoms with Gasteiger partial charge in [0.25, 0.3) is 0 Å². The van der Waals surface area contributed by atoms with E-state index in [0.717, 1.165) is 37.2 Å². The topological polar surface area (TPSA) is 34.1 Å². The average molecular weight is 248 g/mol. The molecule has 0 spiro atoms. The Bertz CT molecular complexity index is 386. The molecule has 1 aromatic rings. The molecule has 3 heteroatoms. The summed E-state index contributed by atoms with van der Waals surface area (Å²) in [4.78, 5) is 4.51. The number of hydrogen-bond acceptors (Lipinski definition) is 3. The molecule has 1 aromatic heterocycles. The Morgan fingerprint density at radius 2 is 2.17 bits per heavy atom. The third-order valence-corrected chi connectivity index (χ3v) is 3.20. The lowest BCUT2D eigenvalue weighted by atomic mass is 10.2. The number of aryl methyl sites for hydroxylation is 1. The standard InChI is InChI=1S/C15H24N2O/c1-11(2)8-16-9-14-6-7-15(17-12(14)3)18-10-13-4-5-13/h6-7,11,13,16H,4-5,8-10H2,1-3H3. The van der Waals surface area contributed by atoms with Crippen LogP contribution >= 0.6 is 0 Å². The molecule has 1 fully saturated rings. The van der Waals surface area contributed by atoms with Crippen molar-refractivity contribution in [1.29, 1.82) is 0 Å². The highest BCUT2D eigenvalue weighted by atomic mass is 16.5. The minimum atomic E-state index is 0.680. The maximum atomic E-state index is 5.68. The zero-order chi connectivity index (χ0) is 13.0. The fraction of sp³-hybridized carbons (Fsp3) is 0.667. The Kier molecular flexibility index (Phi) is 4.59. The molecule has 1 saturated carbocycles. The zero-order valence-electron chi connectivity index (χ0n) is 11.7. The van der Waals surface area contributed by atoms with E-state index in [1.54, 1.807) is 0 Å². The average Bonchev–Trinajstić information content (AvgIpc) is 3.12. The smallest absolute Gasteiger partial charge is 0.213 e. The summed E-state index contributed by atoms with van der Waals surface area (Å²) in [6.07, 6.45) is 2.63. The van der Waals surface area contributed by atoms with Gasteiger partial charge < -0.3 is 10.1 Å². The molecule has 2 rings (SSSR count). The van der Waals surface area contributed by atoms with E-state index in [1.165, 1.54) is 18.4 Å². The molecule has 1 aliphatic rings. The van der Waals surface area contributed by atoms with Gasteiger partial charge in [-0.25, -0.2) is 4.98 Å². The molecule has 0 unspecified atom stereocenters. The summed E-state index contributed by atoms with van der Waals surface area (Å²) < 4.78 is 5.68. The highest BCUT2D eigenvalue weighted by Gasteiger charge is 2.22. The van der Waals surface area contributed by atoms with Crippen molar-refractivity contribution in [2.45, 2.75) is 40.2 Å². The maximum Gasteiger partial charge on any atom is 0.213 e. The first-order valence-electron chi connectivity index (χ1n) is 6.95. The van der Waals surface area contributed by atoms with Crippen molar-refractivity contribution in [2.24, 2.45) is 11.8 Å². The molecule has 0 bridgehead atoms. The van der Waals surface area contributed by atoms with Crippen LogP contribution in [0.4, 0.5) is 0 Å². The summed E-state index contributed by atoms with van der Waals surface area (Å²) in [5.41, 5.74) is 2.33. The fourth-order valence-corrected chi connectivity index (χ4v) is 1.82. The number of ether oxygens (including phenoxy) is 1. The lowest BCUT2D eigenvalue weighted by molar-refractivity contribution is 0.288. The van der Waals surface area contributed by atoms with E-state index in [9.17, 15) is 0 Å². The fourth-order valence-electron chi connectivity index (χ4n) is 1.82. The molecular formula is C15H24N2O. The first-order chi connectivity index (χ1) is 8.65. The van der Waals surface area contributed by atoms with Crippen LogP contribution < -0.4 is 10.1 Å². The van der Waals surface area contributed by atoms with Crippen LogP contribution in [0.1, 0.15) is 37.9 Å². The lowest BCUT2D eigenvalue weighted by Crippen LogP contribution is -2.19. The predicted molar refractivity (Wildman–Crippen MR) is 73.7 cm³/mol. The predicted octanol–water partition coefficient (Wildman–Crippen LogP) is 2.92. The molecule has 100 valence electrons. The molecule has 1 aliphatic carbocycles. The first kappa shape index (κ1) is 13.3. The largest absolute Gasteiger partial charge is 0.477 e. The minimum absolute atomic E-state index is 0.680. The van der Waals surface area contributed by atoms with E-state index in [1.807, 2.05) is 6.07 Å². The maximum absolute atomic E-state index is 5.68. The molecule has 0 aromatic carbocycles. The van der Waals surface area contributed by atoms with Gasteiger partial charge in [0.1, 0.15) is 0 Å². The van der Waals surface area contributed by atoms with Gasteiger partial charge in [-0.05, 0) is 43.7 Å². The summed E-state index contributed by atoms with van der Waals surface area (Å²) in [6.45, 7) is 9.24. The monoisotopic (exact) mass is 248 g/mol. The summed E-state index contributed by atoms with van der Waals surface area (Å²) in [5, 5.41) is 3.44. The van der Waals surface area contributed by atoms with Gasteiger partial charge in [-0.1, -0.05) is 19.9 Å². The van der Waals surface area contributed by atoms with Crippen LogP contribution in [0.2, 0.25) is 0 Å². The molecule has 0 radical (unpaired) electrons. The van der Waals surface area contributed by atoms with Crippen LogP contribution in [0.15, 0.2) is 12.1 Å². The van der Waals surface area contributed by atoms with E-state index in [0.29, 0.717) is 5.92 Å². The number of pyridine rings is 1. The van der Waals surface area contributed by atoms with Crippen molar-refractivity contribution in [1.82, 2.24) is 10.3 Å². The summed E-state index contributed by atoms with van der Waals surface area (Å²) in [6, 6.07) is 4.11. The second kappa shape index (κ2) is 6.19. The summed E-state index contributed by atoms with van der Waals surface area (Å²) in [7, 11) is 0. The SMILES string of the molecule is Cc1nc(OCC2CC2)ccc1CNCC(C)C. The zero-order valence-corrected chi connectivity index (χ0v) is 11.7. The van der Waals surface area contributed by atoms with E-state index >= 15 is 0 Å². The second-order valence-electron chi connectivity index (χ2n) is 5.67. The number of nitrogens with zero attached hydrogens (tertiary/aromatic N) is 1. The number of rotatable bonds is 7. The van der Waals surface area contributed by atoms with Crippen molar-refractivity contribution in [3.63, 3.8) is 0 Å². The highest BCUT2D eigenvalue weighted by molar-refractivity contribution is 5.24. The third kappa shape index (κ3) is 4.30. The quantitative estimate of drug-likeness (QED) is 0.805. The Hall–Kier alpha value is -1.09. The van der Waals surface area contributed by atoms with E-state index in [4.69, 9.17) is 4.74 Å². The van der Waals surface area contributed by atoms with Crippen LogP contribution in [0, 0.1) is 18.8 Å². The molecule has 0 amide bonds. The van der Waals surface area contributed by atoms with Crippen LogP contribution in [0.3, 0.4) is 0 Å². The van der Waals surface area contributed by atoms with Gasteiger partial charge in [0.15, 0.2) is 0 Å². The number of nitrogens with one attached hydrogen (secondary N) is 1. The molecule has 1 N–H and O–H groups in total. The van der Waals surface area contributed by atoms with Crippen LogP contribution in [-0.4, -0.2) is 18.1 Å². The summed E-state index contributed by atoms with van der Waals surface area (Å²) >= 11 is 0. The van der Waals surface area contributed by atoms with Crippen molar-refractivity contribution in [2.75, 3.05) is 13.2 Å². The van der Waals surface area contributed by atoms with Gasteiger partial charge in [-0.2, -0.15) is 0 Å². The molecule has 18 heavy (non-hydrogen) atoms. The molecular weight excluding hydrogens is 224 g/mol. The van der Waals surface area contributed by atoms with Crippen molar-refractivity contribution in [3.05, 3.63) is 23.4 Å². The van der Waals surface area contributed by atoms with E-state index < -0.39 is 0 Å². The second-order valence-corrected chi connectivity index (χ2v) is 5.67. The summed E-state index contributed by atoms with van der Waals surface area (Å²) in [5.74, 6) is 2.23. The molecule has 1 heterocycles. The van der Waals surface area contributed by atoms with Crippen LogP contribution in [0.5, 0.6) is 5.88 Å². The first-order valence-corrected chi connectivity index (χ1v) is 6.95. The van der Waals surface area contributed by atoms with Crippen LogP contribution in [0.25, 0.3) is 0 Å². The van der Waals surface area contributed by atoms with Gasteiger partial charge >= 0.3 is 0 Å². The third-order valence-electron chi connectivity index (χ3n) is 3.20. The van der Waals surface area contributed by atoms with E-state index in [2.05, 4.69) is 37.1 Å².